The van der Waals surface area contributed by atoms with E-state index in [1.54, 1.807) is 45.0 Å². The Labute approximate surface area is 170 Å². The Morgan fingerprint density at radius 3 is 1.86 bits per heavy atom. The van der Waals surface area contributed by atoms with Crippen molar-refractivity contribution in [3.63, 3.8) is 0 Å². The van der Waals surface area contributed by atoms with Crippen LogP contribution in [0.3, 0.4) is 0 Å². The highest BCUT2D eigenvalue weighted by molar-refractivity contribution is 5.95. The van der Waals surface area contributed by atoms with Gasteiger partial charge < -0.3 is 20.7 Å². The second-order valence-corrected chi connectivity index (χ2v) is 7.69. The summed E-state index contributed by atoms with van der Waals surface area (Å²) in [6.45, 7) is 7.02. The molecule has 154 valence electrons. The number of alkyl carbamates (subject to hydrolysis) is 1. The lowest BCUT2D eigenvalue weighted by molar-refractivity contribution is -0.116. The van der Waals surface area contributed by atoms with Gasteiger partial charge in [0.1, 0.15) is 12.1 Å². The minimum Gasteiger partial charge on any atom is -0.444 e. The summed E-state index contributed by atoms with van der Waals surface area (Å²) in [7, 11) is 0. The Balaban J connectivity index is 1.78. The van der Waals surface area contributed by atoms with Gasteiger partial charge in [0, 0.05) is 11.4 Å². The number of aryl methyl sites for hydroxylation is 1. The van der Waals surface area contributed by atoms with Gasteiger partial charge in [-0.05, 0) is 57.5 Å². The normalized spacial score (nSPS) is 10.8. The lowest BCUT2D eigenvalue weighted by atomic mass is 10.1. The first kappa shape index (κ1) is 21.9. The maximum Gasteiger partial charge on any atom is 0.408 e. The molecular formula is C22H27N3O4. The van der Waals surface area contributed by atoms with Crippen LogP contribution >= 0.6 is 0 Å². The Hall–Kier alpha value is -3.35. The van der Waals surface area contributed by atoms with Crippen LogP contribution in [0.25, 0.3) is 0 Å². The molecule has 0 heterocycles. The van der Waals surface area contributed by atoms with Crippen LogP contribution in [0.2, 0.25) is 0 Å². The first-order valence-corrected chi connectivity index (χ1v) is 9.33. The molecule has 0 aliphatic carbocycles. The molecule has 0 aromatic heterocycles. The molecule has 0 bridgehead atoms. The van der Waals surface area contributed by atoms with Crippen LogP contribution in [0.5, 0.6) is 0 Å². The molecule has 7 nitrogen and oxygen atoms in total. The Morgan fingerprint density at radius 2 is 1.34 bits per heavy atom. The third kappa shape index (κ3) is 8.47. The van der Waals surface area contributed by atoms with E-state index in [9.17, 15) is 14.4 Å². The van der Waals surface area contributed by atoms with Crippen molar-refractivity contribution in [3.05, 3.63) is 59.7 Å². The number of carbonyl (C=O) groups excluding carboxylic acids is 3. The van der Waals surface area contributed by atoms with E-state index >= 15 is 0 Å². The molecule has 0 aliphatic heterocycles. The average Bonchev–Trinajstić information content (AvgIpc) is 2.62. The number of nitrogens with one attached hydrogen (secondary N) is 3. The Bertz CT molecular complexity index is 853. The summed E-state index contributed by atoms with van der Waals surface area (Å²) in [5.41, 5.74) is 2.65. The molecule has 0 atom stereocenters. The zero-order valence-electron chi connectivity index (χ0n) is 17.2. The Morgan fingerprint density at radius 1 is 0.828 bits per heavy atom. The average molecular weight is 397 g/mol. The van der Waals surface area contributed by atoms with Crippen molar-refractivity contribution in [2.24, 2.45) is 0 Å². The summed E-state index contributed by atoms with van der Waals surface area (Å²) in [5.74, 6) is -0.501. The van der Waals surface area contributed by atoms with E-state index in [1.165, 1.54) is 0 Å². The van der Waals surface area contributed by atoms with Crippen molar-refractivity contribution in [1.29, 1.82) is 0 Å². The molecule has 3 N–H and O–H groups in total. The summed E-state index contributed by atoms with van der Waals surface area (Å²) in [6, 6.07) is 14.5. The highest BCUT2D eigenvalue weighted by atomic mass is 16.6. The molecule has 0 saturated heterocycles. The van der Waals surface area contributed by atoms with Gasteiger partial charge >= 0.3 is 6.09 Å². The molecule has 0 aliphatic rings. The predicted molar refractivity (Wildman–Crippen MR) is 113 cm³/mol. The fourth-order valence-corrected chi connectivity index (χ4v) is 2.41. The molecular weight excluding hydrogens is 370 g/mol. The molecule has 0 radical (unpaired) electrons. The molecule has 29 heavy (non-hydrogen) atoms. The van der Waals surface area contributed by atoms with Gasteiger partial charge in [0.25, 0.3) is 0 Å². The van der Waals surface area contributed by atoms with E-state index in [0.717, 1.165) is 11.1 Å². The van der Waals surface area contributed by atoms with Crippen LogP contribution in [-0.2, 0) is 20.7 Å². The van der Waals surface area contributed by atoms with E-state index in [4.69, 9.17) is 4.74 Å². The highest BCUT2D eigenvalue weighted by Gasteiger charge is 2.16. The van der Waals surface area contributed by atoms with Gasteiger partial charge in [-0.3, -0.25) is 9.59 Å². The third-order valence-electron chi connectivity index (χ3n) is 3.73. The quantitative estimate of drug-likeness (QED) is 0.693. The predicted octanol–water partition coefficient (Wildman–Crippen LogP) is 3.64. The Kier molecular flexibility index (Phi) is 7.36. The van der Waals surface area contributed by atoms with Crippen molar-refractivity contribution in [1.82, 2.24) is 5.32 Å². The van der Waals surface area contributed by atoms with Crippen molar-refractivity contribution in [2.75, 3.05) is 17.2 Å². The number of hydrogen-bond donors (Lipinski definition) is 3. The third-order valence-corrected chi connectivity index (χ3v) is 3.73. The summed E-state index contributed by atoms with van der Waals surface area (Å²) in [6.07, 6.45) is -0.367. The molecule has 3 amide bonds. The second kappa shape index (κ2) is 9.73. The van der Waals surface area contributed by atoms with Crippen molar-refractivity contribution in [3.8, 4) is 0 Å². The first-order valence-electron chi connectivity index (χ1n) is 9.33. The first-order chi connectivity index (χ1) is 13.6. The number of amides is 3. The van der Waals surface area contributed by atoms with Crippen LogP contribution in [-0.4, -0.2) is 30.1 Å². The molecule has 2 aromatic rings. The zero-order chi connectivity index (χ0) is 21.4. The van der Waals surface area contributed by atoms with Gasteiger partial charge in [0.2, 0.25) is 11.8 Å². The molecule has 7 heteroatoms. The van der Waals surface area contributed by atoms with Gasteiger partial charge in [0.15, 0.2) is 0 Å². The fourth-order valence-electron chi connectivity index (χ4n) is 2.41. The van der Waals surface area contributed by atoms with Crippen molar-refractivity contribution < 1.29 is 19.1 Å². The molecule has 0 fully saturated rings. The van der Waals surface area contributed by atoms with Gasteiger partial charge in [-0.2, -0.15) is 0 Å². The van der Waals surface area contributed by atoms with Crippen LogP contribution < -0.4 is 16.0 Å². The van der Waals surface area contributed by atoms with Crippen molar-refractivity contribution >= 4 is 29.3 Å². The van der Waals surface area contributed by atoms with Crippen LogP contribution in [0.4, 0.5) is 16.2 Å². The largest absolute Gasteiger partial charge is 0.444 e. The van der Waals surface area contributed by atoms with Gasteiger partial charge in [-0.15, -0.1) is 0 Å². The van der Waals surface area contributed by atoms with E-state index in [2.05, 4.69) is 16.0 Å². The number of anilines is 2. The van der Waals surface area contributed by atoms with Gasteiger partial charge in [-0.1, -0.05) is 29.8 Å². The fraction of sp³-hybridized carbons (Fsp3) is 0.318. The smallest absolute Gasteiger partial charge is 0.408 e. The second-order valence-electron chi connectivity index (χ2n) is 7.69. The molecule has 2 rings (SSSR count). The van der Waals surface area contributed by atoms with Crippen LogP contribution in [0.15, 0.2) is 48.5 Å². The lowest BCUT2D eigenvalue weighted by Gasteiger charge is -2.19. The summed E-state index contributed by atoms with van der Waals surface area (Å²) >= 11 is 0. The molecule has 2 aromatic carbocycles. The van der Waals surface area contributed by atoms with E-state index in [1.807, 2.05) is 31.2 Å². The van der Waals surface area contributed by atoms with E-state index in [0.29, 0.717) is 11.4 Å². The van der Waals surface area contributed by atoms with E-state index in [-0.39, 0.29) is 24.8 Å². The minimum absolute atomic E-state index is 0.118. The van der Waals surface area contributed by atoms with E-state index < -0.39 is 11.7 Å². The topological polar surface area (TPSA) is 96.5 Å². The highest BCUT2D eigenvalue weighted by Crippen LogP contribution is 2.14. The van der Waals surface area contributed by atoms with Crippen LogP contribution in [0, 0.1) is 6.92 Å². The number of hydrogen-bond acceptors (Lipinski definition) is 4. The summed E-state index contributed by atoms with van der Waals surface area (Å²) in [5, 5.41) is 7.88. The number of rotatable bonds is 6. The standard InChI is InChI=1S/C22H27N3O4/c1-15-5-7-16(8-6-15)13-19(26)24-17-9-11-18(12-10-17)25-20(27)14-23-21(28)29-22(2,3)4/h5-12H,13-14H2,1-4H3,(H,23,28)(H,24,26)(H,25,27). The SMILES string of the molecule is Cc1ccc(CC(=O)Nc2ccc(NC(=O)CNC(=O)OC(C)(C)C)cc2)cc1. The minimum atomic E-state index is -0.653. The number of carbonyl (C=O) groups is 3. The number of benzene rings is 2. The zero-order valence-corrected chi connectivity index (χ0v) is 17.2. The van der Waals surface area contributed by atoms with Gasteiger partial charge in [0.05, 0.1) is 6.42 Å². The summed E-state index contributed by atoms with van der Waals surface area (Å²) < 4.78 is 5.07. The lowest BCUT2D eigenvalue weighted by Crippen LogP contribution is -2.37. The van der Waals surface area contributed by atoms with Gasteiger partial charge in [-0.25, -0.2) is 4.79 Å². The molecule has 0 unspecified atom stereocenters. The van der Waals surface area contributed by atoms with Crippen LogP contribution in [0.1, 0.15) is 31.9 Å². The summed E-state index contributed by atoms with van der Waals surface area (Å²) in [4.78, 5) is 35.6. The number of ether oxygens (including phenoxy) is 1. The molecule has 0 spiro atoms. The maximum atomic E-state index is 12.1. The monoisotopic (exact) mass is 397 g/mol. The molecule has 0 saturated carbocycles. The van der Waals surface area contributed by atoms with Crippen molar-refractivity contribution in [2.45, 2.75) is 39.7 Å². The maximum absolute atomic E-state index is 12.1.